The maximum Gasteiger partial charge on any atom is 0.446 e. The number of thioether (sulfide) groups is 1. The number of rotatable bonds is 3. The summed E-state index contributed by atoms with van der Waals surface area (Å²) in [6.07, 6.45) is 3.00. The highest BCUT2D eigenvalue weighted by molar-refractivity contribution is 8.00. The van der Waals surface area contributed by atoms with Gasteiger partial charge in [-0.2, -0.15) is 17.7 Å². The second-order valence-corrected chi connectivity index (χ2v) is 6.65. The van der Waals surface area contributed by atoms with Gasteiger partial charge in [-0.3, -0.25) is 0 Å². The van der Waals surface area contributed by atoms with Crippen LogP contribution >= 0.6 is 11.8 Å². The van der Waals surface area contributed by atoms with E-state index < -0.39 is 11.3 Å². The van der Waals surface area contributed by atoms with Gasteiger partial charge in [0.05, 0.1) is 5.56 Å². The fourth-order valence-corrected chi connectivity index (χ4v) is 3.29. The molecule has 2 aromatic carbocycles. The molecule has 0 aliphatic carbocycles. The molecule has 1 heterocycles. The van der Waals surface area contributed by atoms with E-state index in [0.717, 1.165) is 0 Å². The first-order valence-corrected chi connectivity index (χ1v) is 8.32. The third-order valence-corrected chi connectivity index (χ3v) is 4.52. The van der Waals surface area contributed by atoms with Crippen molar-refractivity contribution in [3.63, 3.8) is 0 Å². The summed E-state index contributed by atoms with van der Waals surface area (Å²) in [6.45, 7) is 0. The average Bonchev–Trinajstić information content (AvgIpc) is 2.54. The lowest BCUT2D eigenvalue weighted by Gasteiger charge is -2.12. The minimum absolute atomic E-state index is 0.0202. The van der Waals surface area contributed by atoms with Crippen molar-refractivity contribution in [2.24, 2.45) is 7.05 Å². The number of anilines is 1. The number of alkyl halides is 3. The zero-order valence-corrected chi connectivity index (χ0v) is 14.4. The predicted octanol–water partition coefficient (Wildman–Crippen LogP) is 4.57. The third kappa shape index (κ3) is 3.96. The SMILES string of the molecule is C[n+]1cc(N)ncc1-c1ccc(-c2ccccc2SC(F)(F)F)cc1F. The van der Waals surface area contributed by atoms with Gasteiger partial charge < -0.3 is 5.73 Å². The van der Waals surface area contributed by atoms with Crippen molar-refractivity contribution >= 4 is 17.6 Å². The topological polar surface area (TPSA) is 42.8 Å². The maximum absolute atomic E-state index is 14.7. The van der Waals surface area contributed by atoms with E-state index in [4.69, 9.17) is 5.73 Å². The van der Waals surface area contributed by atoms with E-state index in [1.807, 2.05) is 0 Å². The standard InChI is InChI=1S/C18H14F4N3S/c1-25-10-17(23)24-9-15(25)13-7-6-11(8-14(13)19)12-4-2-3-5-16(12)26-18(20,21)22/h2-10H,1H3,(H2,23,24)/q+1. The molecule has 3 nitrogen and oxygen atoms in total. The lowest BCUT2D eigenvalue weighted by atomic mass is 10.0. The lowest BCUT2D eigenvalue weighted by molar-refractivity contribution is -0.660. The zero-order valence-electron chi connectivity index (χ0n) is 13.6. The van der Waals surface area contributed by atoms with E-state index in [2.05, 4.69) is 4.98 Å². The van der Waals surface area contributed by atoms with Gasteiger partial charge in [-0.15, -0.1) is 0 Å². The largest absolute Gasteiger partial charge is 0.446 e. The van der Waals surface area contributed by atoms with E-state index >= 15 is 0 Å². The smallest absolute Gasteiger partial charge is 0.379 e. The Hall–Kier alpha value is -2.61. The number of hydrogen-bond acceptors (Lipinski definition) is 3. The molecule has 0 fully saturated rings. The monoisotopic (exact) mass is 380 g/mol. The number of aryl methyl sites for hydroxylation is 1. The first-order valence-electron chi connectivity index (χ1n) is 7.51. The predicted molar refractivity (Wildman–Crippen MR) is 92.6 cm³/mol. The second kappa shape index (κ2) is 6.95. The molecule has 0 saturated carbocycles. The summed E-state index contributed by atoms with van der Waals surface area (Å²) in [5, 5.41) is 0. The fraction of sp³-hybridized carbons (Fsp3) is 0.111. The van der Waals surface area contributed by atoms with Gasteiger partial charge in [-0.25, -0.2) is 9.37 Å². The Morgan fingerprint density at radius 2 is 1.81 bits per heavy atom. The van der Waals surface area contributed by atoms with Crippen molar-refractivity contribution in [2.45, 2.75) is 10.4 Å². The molecular weight excluding hydrogens is 366 g/mol. The Kier molecular flexibility index (Phi) is 4.86. The fourth-order valence-electron chi connectivity index (χ4n) is 2.60. The molecule has 3 aromatic rings. The molecule has 134 valence electrons. The summed E-state index contributed by atoms with van der Waals surface area (Å²) in [5.41, 5.74) is 2.64. The first-order chi connectivity index (χ1) is 12.2. The van der Waals surface area contributed by atoms with Gasteiger partial charge in [0.2, 0.25) is 11.9 Å². The number of aromatic nitrogens is 2. The zero-order chi connectivity index (χ0) is 18.9. The molecule has 1 aromatic heterocycles. The molecule has 2 N–H and O–H groups in total. The Morgan fingerprint density at radius 1 is 1.08 bits per heavy atom. The van der Waals surface area contributed by atoms with Crippen molar-refractivity contribution in [1.29, 1.82) is 0 Å². The lowest BCUT2D eigenvalue weighted by Crippen LogP contribution is -2.31. The van der Waals surface area contributed by atoms with Crippen LogP contribution in [0.4, 0.5) is 23.4 Å². The minimum Gasteiger partial charge on any atom is -0.379 e. The van der Waals surface area contributed by atoms with Crippen LogP contribution < -0.4 is 10.3 Å². The van der Waals surface area contributed by atoms with Gasteiger partial charge in [-0.1, -0.05) is 24.3 Å². The molecule has 0 aliphatic heterocycles. The number of benzene rings is 2. The van der Waals surface area contributed by atoms with Crippen molar-refractivity contribution in [3.05, 3.63) is 60.7 Å². The van der Waals surface area contributed by atoms with Gasteiger partial charge in [0, 0.05) is 4.90 Å². The molecule has 0 bridgehead atoms. The van der Waals surface area contributed by atoms with Gasteiger partial charge in [0.1, 0.15) is 19.1 Å². The molecule has 0 unspecified atom stereocenters. The average molecular weight is 380 g/mol. The molecule has 0 saturated heterocycles. The second-order valence-electron chi connectivity index (χ2n) is 5.55. The number of nitrogen functional groups attached to an aromatic ring is 1. The number of hydrogen-bond donors (Lipinski definition) is 1. The van der Waals surface area contributed by atoms with Crippen LogP contribution in [-0.4, -0.2) is 10.5 Å². The van der Waals surface area contributed by atoms with Crippen LogP contribution in [0.3, 0.4) is 0 Å². The van der Waals surface area contributed by atoms with E-state index in [1.165, 1.54) is 36.5 Å². The Bertz CT molecular complexity index is 957. The molecule has 26 heavy (non-hydrogen) atoms. The minimum atomic E-state index is -4.42. The normalized spacial score (nSPS) is 11.6. The highest BCUT2D eigenvalue weighted by Crippen LogP contribution is 2.42. The van der Waals surface area contributed by atoms with E-state index in [0.29, 0.717) is 22.6 Å². The molecule has 3 rings (SSSR count). The van der Waals surface area contributed by atoms with Crippen LogP contribution in [0.15, 0.2) is 59.8 Å². The summed E-state index contributed by atoms with van der Waals surface area (Å²) >= 11 is -0.218. The van der Waals surface area contributed by atoms with Crippen LogP contribution in [0.2, 0.25) is 0 Å². The number of nitrogens with zero attached hydrogens (tertiary/aromatic N) is 2. The quantitative estimate of drug-likeness (QED) is 0.411. The Labute approximate surface area is 151 Å². The molecule has 0 spiro atoms. The van der Waals surface area contributed by atoms with Crippen LogP contribution in [0.5, 0.6) is 0 Å². The van der Waals surface area contributed by atoms with E-state index in [1.54, 1.807) is 29.9 Å². The Balaban J connectivity index is 2.04. The van der Waals surface area contributed by atoms with Gasteiger partial charge in [0.25, 0.3) is 0 Å². The summed E-state index contributed by atoms with van der Waals surface area (Å²) in [7, 11) is 1.70. The van der Waals surface area contributed by atoms with Crippen LogP contribution in [-0.2, 0) is 7.05 Å². The van der Waals surface area contributed by atoms with Crippen LogP contribution in [0, 0.1) is 5.82 Å². The van der Waals surface area contributed by atoms with Gasteiger partial charge in [0.15, 0.2) is 5.82 Å². The van der Waals surface area contributed by atoms with Crippen molar-refractivity contribution < 1.29 is 22.1 Å². The molecular formula is C18H14F4N3S+. The highest BCUT2D eigenvalue weighted by atomic mass is 32.2. The number of nitrogens with two attached hydrogens (primary N) is 1. The van der Waals surface area contributed by atoms with E-state index in [-0.39, 0.29) is 22.2 Å². The summed E-state index contributed by atoms with van der Waals surface area (Å²) < 4.78 is 54.5. The van der Waals surface area contributed by atoms with Crippen molar-refractivity contribution in [3.8, 4) is 22.4 Å². The first kappa shape index (κ1) is 18.2. The van der Waals surface area contributed by atoms with Crippen molar-refractivity contribution in [2.75, 3.05) is 5.73 Å². The van der Waals surface area contributed by atoms with Crippen LogP contribution in [0.25, 0.3) is 22.4 Å². The molecule has 0 aliphatic rings. The number of halogens is 4. The highest BCUT2D eigenvalue weighted by Gasteiger charge is 2.30. The van der Waals surface area contributed by atoms with E-state index in [9.17, 15) is 17.6 Å². The maximum atomic E-state index is 14.7. The molecule has 0 amide bonds. The molecule has 0 radical (unpaired) electrons. The Morgan fingerprint density at radius 3 is 2.46 bits per heavy atom. The molecule has 0 atom stereocenters. The van der Waals surface area contributed by atoms with Crippen molar-refractivity contribution in [1.82, 2.24) is 4.98 Å². The van der Waals surface area contributed by atoms with Gasteiger partial charge in [-0.05, 0) is 41.1 Å². The summed E-state index contributed by atoms with van der Waals surface area (Å²) in [5.74, 6) is -0.261. The summed E-state index contributed by atoms with van der Waals surface area (Å²) in [4.78, 5) is 3.97. The third-order valence-electron chi connectivity index (χ3n) is 3.71. The summed E-state index contributed by atoms with van der Waals surface area (Å²) in [6, 6.07) is 10.4. The molecule has 8 heteroatoms. The van der Waals surface area contributed by atoms with Crippen LogP contribution in [0.1, 0.15) is 0 Å². The van der Waals surface area contributed by atoms with Gasteiger partial charge >= 0.3 is 5.51 Å².